The molecule has 0 saturated carbocycles. The molecule has 0 aliphatic carbocycles. The van der Waals surface area contributed by atoms with Gasteiger partial charge in [-0.2, -0.15) is 0 Å². The SMILES string of the molecule is CN=C(NCc1ccc(N2CCOC(C)C2)nc1)N(C)CC1CCOC1.I. The summed E-state index contributed by atoms with van der Waals surface area (Å²) in [6, 6.07) is 4.23. The van der Waals surface area contributed by atoms with Gasteiger partial charge in [0.2, 0.25) is 0 Å². The lowest BCUT2D eigenvalue weighted by Crippen LogP contribution is -2.41. The van der Waals surface area contributed by atoms with Crippen LogP contribution in [0.3, 0.4) is 0 Å². The van der Waals surface area contributed by atoms with E-state index in [0.717, 1.165) is 63.2 Å². The van der Waals surface area contributed by atoms with Gasteiger partial charge in [0.1, 0.15) is 5.82 Å². The Labute approximate surface area is 179 Å². The first-order valence-corrected chi connectivity index (χ1v) is 9.46. The fraction of sp³-hybridized carbons (Fsp3) is 0.684. The molecular weight excluding hydrogens is 457 g/mol. The summed E-state index contributed by atoms with van der Waals surface area (Å²) in [6.07, 6.45) is 3.34. The number of halogens is 1. The third-order valence-electron chi connectivity index (χ3n) is 4.95. The Kier molecular flexibility index (Phi) is 9.04. The number of nitrogens with zero attached hydrogens (tertiary/aromatic N) is 4. The minimum Gasteiger partial charge on any atom is -0.381 e. The Morgan fingerprint density at radius 2 is 2.26 bits per heavy atom. The molecule has 7 nitrogen and oxygen atoms in total. The van der Waals surface area contributed by atoms with E-state index in [9.17, 15) is 0 Å². The van der Waals surface area contributed by atoms with E-state index in [1.807, 2.05) is 13.2 Å². The van der Waals surface area contributed by atoms with Crippen molar-refractivity contribution in [3.8, 4) is 0 Å². The summed E-state index contributed by atoms with van der Waals surface area (Å²) in [4.78, 5) is 13.5. The third kappa shape index (κ3) is 6.46. The van der Waals surface area contributed by atoms with Crippen LogP contribution in [0.2, 0.25) is 0 Å². The van der Waals surface area contributed by atoms with E-state index in [-0.39, 0.29) is 30.1 Å². The van der Waals surface area contributed by atoms with E-state index in [1.54, 1.807) is 0 Å². The molecule has 1 N–H and O–H groups in total. The van der Waals surface area contributed by atoms with Crippen molar-refractivity contribution in [2.45, 2.75) is 26.0 Å². The van der Waals surface area contributed by atoms with Crippen LogP contribution in [0, 0.1) is 5.92 Å². The van der Waals surface area contributed by atoms with Gasteiger partial charge in [-0.1, -0.05) is 6.07 Å². The molecule has 152 valence electrons. The lowest BCUT2D eigenvalue weighted by Gasteiger charge is -2.32. The highest BCUT2D eigenvalue weighted by molar-refractivity contribution is 14.0. The van der Waals surface area contributed by atoms with E-state index < -0.39 is 0 Å². The quantitative estimate of drug-likeness (QED) is 0.388. The minimum absolute atomic E-state index is 0. The lowest BCUT2D eigenvalue weighted by molar-refractivity contribution is 0.0529. The van der Waals surface area contributed by atoms with Gasteiger partial charge in [-0.25, -0.2) is 4.98 Å². The fourth-order valence-corrected chi connectivity index (χ4v) is 3.50. The zero-order valence-corrected chi connectivity index (χ0v) is 18.9. The second-order valence-electron chi connectivity index (χ2n) is 7.16. The highest BCUT2D eigenvalue weighted by Gasteiger charge is 2.19. The van der Waals surface area contributed by atoms with E-state index >= 15 is 0 Å². The number of aliphatic imine (C=N–C) groups is 1. The second-order valence-corrected chi connectivity index (χ2v) is 7.16. The molecule has 0 radical (unpaired) electrons. The average molecular weight is 489 g/mol. The number of pyridine rings is 1. The van der Waals surface area contributed by atoms with E-state index in [0.29, 0.717) is 12.5 Å². The number of hydrogen-bond acceptors (Lipinski definition) is 5. The first-order valence-electron chi connectivity index (χ1n) is 9.46. The van der Waals surface area contributed by atoms with Crippen molar-refractivity contribution in [1.82, 2.24) is 15.2 Å². The summed E-state index contributed by atoms with van der Waals surface area (Å²) < 4.78 is 11.1. The van der Waals surface area contributed by atoms with Gasteiger partial charge in [-0.15, -0.1) is 24.0 Å². The van der Waals surface area contributed by atoms with Crippen LogP contribution in [0.1, 0.15) is 18.9 Å². The molecule has 0 amide bonds. The molecule has 27 heavy (non-hydrogen) atoms. The molecule has 2 unspecified atom stereocenters. The Morgan fingerprint density at radius 1 is 1.41 bits per heavy atom. The Hall–Kier alpha value is -1.13. The standard InChI is InChI=1S/C19H31N5O2.HI/c1-15-12-24(7-9-26-15)18-5-4-16(10-21-18)11-22-19(20-2)23(3)13-17-6-8-25-14-17;/h4-5,10,15,17H,6-9,11-14H2,1-3H3,(H,20,22);1H. The average Bonchev–Trinajstić information content (AvgIpc) is 3.16. The molecule has 8 heteroatoms. The second kappa shape index (κ2) is 11.0. The monoisotopic (exact) mass is 489 g/mol. The third-order valence-corrected chi connectivity index (χ3v) is 4.95. The molecule has 0 bridgehead atoms. The molecule has 0 aromatic carbocycles. The van der Waals surface area contributed by atoms with Crippen LogP contribution in [0.15, 0.2) is 23.3 Å². The first kappa shape index (κ1) is 22.2. The van der Waals surface area contributed by atoms with E-state index in [2.05, 4.69) is 51.2 Å². The maximum atomic E-state index is 5.60. The van der Waals surface area contributed by atoms with E-state index in [1.165, 1.54) is 0 Å². The van der Waals surface area contributed by atoms with Crippen molar-refractivity contribution >= 4 is 35.8 Å². The number of rotatable bonds is 5. The van der Waals surface area contributed by atoms with Crippen LogP contribution in [0.25, 0.3) is 0 Å². The van der Waals surface area contributed by atoms with Crippen LogP contribution in [-0.4, -0.2) is 75.5 Å². The molecule has 3 heterocycles. The van der Waals surface area contributed by atoms with Crippen molar-refractivity contribution in [3.05, 3.63) is 23.9 Å². The predicted molar refractivity (Wildman–Crippen MR) is 119 cm³/mol. The molecule has 1 aromatic rings. The van der Waals surface area contributed by atoms with Crippen molar-refractivity contribution in [1.29, 1.82) is 0 Å². The number of ether oxygens (including phenoxy) is 2. The lowest BCUT2D eigenvalue weighted by atomic mass is 10.1. The van der Waals surface area contributed by atoms with Crippen LogP contribution in [0.4, 0.5) is 5.82 Å². The Balaban J connectivity index is 0.00000261. The van der Waals surface area contributed by atoms with Crippen molar-refractivity contribution in [2.24, 2.45) is 10.9 Å². The van der Waals surface area contributed by atoms with Gasteiger partial charge in [0.05, 0.1) is 19.3 Å². The van der Waals surface area contributed by atoms with Crippen molar-refractivity contribution < 1.29 is 9.47 Å². The number of nitrogens with one attached hydrogen (secondary N) is 1. The number of hydrogen-bond donors (Lipinski definition) is 1. The number of anilines is 1. The maximum absolute atomic E-state index is 5.60. The topological polar surface area (TPSA) is 62.2 Å². The summed E-state index contributed by atoms with van der Waals surface area (Å²) in [5, 5.41) is 3.43. The molecule has 3 rings (SSSR count). The van der Waals surface area contributed by atoms with Crippen molar-refractivity contribution in [3.63, 3.8) is 0 Å². The molecule has 2 atom stereocenters. The largest absolute Gasteiger partial charge is 0.381 e. The van der Waals surface area contributed by atoms with E-state index in [4.69, 9.17) is 9.47 Å². The summed E-state index contributed by atoms with van der Waals surface area (Å²) in [5.74, 6) is 2.52. The zero-order chi connectivity index (χ0) is 18.4. The highest BCUT2D eigenvalue weighted by Crippen LogP contribution is 2.16. The van der Waals surface area contributed by atoms with Gasteiger partial charge >= 0.3 is 0 Å². The van der Waals surface area contributed by atoms with Crippen LogP contribution in [0.5, 0.6) is 0 Å². The Bertz CT molecular complexity index is 592. The smallest absolute Gasteiger partial charge is 0.193 e. The summed E-state index contributed by atoms with van der Waals surface area (Å²) in [5.41, 5.74) is 1.15. The van der Waals surface area contributed by atoms with Crippen LogP contribution in [-0.2, 0) is 16.0 Å². The number of morpholine rings is 1. The first-order chi connectivity index (χ1) is 12.7. The van der Waals surface area contributed by atoms with Gasteiger partial charge in [0.15, 0.2) is 5.96 Å². The summed E-state index contributed by atoms with van der Waals surface area (Å²) >= 11 is 0. The zero-order valence-electron chi connectivity index (χ0n) is 16.6. The van der Waals surface area contributed by atoms with Gasteiger partial charge in [0, 0.05) is 59.0 Å². The maximum Gasteiger partial charge on any atom is 0.193 e. The predicted octanol–water partition coefficient (Wildman–Crippen LogP) is 1.97. The van der Waals surface area contributed by atoms with Gasteiger partial charge in [0.25, 0.3) is 0 Å². The molecule has 2 aliphatic heterocycles. The number of aromatic nitrogens is 1. The highest BCUT2D eigenvalue weighted by atomic mass is 127. The van der Waals surface area contributed by atoms with Crippen LogP contribution >= 0.6 is 24.0 Å². The molecule has 0 spiro atoms. The molecular formula is C19H32IN5O2. The summed E-state index contributed by atoms with van der Waals surface area (Å²) in [6.45, 7) is 8.07. The van der Waals surface area contributed by atoms with Gasteiger partial charge in [-0.3, -0.25) is 4.99 Å². The van der Waals surface area contributed by atoms with Crippen LogP contribution < -0.4 is 10.2 Å². The molecule has 2 aliphatic rings. The number of guanidine groups is 1. The summed E-state index contributed by atoms with van der Waals surface area (Å²) in [7, 11) is 3.90. The normalized spacial score (nSPS) is 23.1. The fourth-order valence-electron chi connectivity index (χ4n) is 3.50. The minimum atomic E-state index is 0. The molecule has 2 saturated heterocycles. The van der Waals surface area contributed by atoms with Gasteiger partial charge < -0.3 is 24.6 Å². The Morgan fingerprint density at radius 3 is 2.89 bits per heavy atom. The van der Waals surface area contributed by atoms with Crippen molar-refractivity contribution in [2.75, 3.05) is 58.5 Å². The molecule has 2 fully saturated rings. The van der Waals surface area contributed by atoms with Gasteiger partial charge in [-0.05, 0) is 25.0 Å². The molecule has 1 aromatic heterocycles.